The molecule has 30 heavy (non-hydrogen) atoms. The van der Waals surface area contributed by atoms with Gasteiger partial charge in [0.2, 0.25) is 15.9 Å². The third-order valence-corrected chi connectivity index (χ3v) is 6.92. The van der Waals surface area contributed by atoms with Gasteiger partial charge in [-0.15, -0.1) is 0 Å². The van der Waals surface area contributed by atoms with Gasteiger partial charge in [0.05, 0.1) is 4.90 Å². The molecule has 1 amide bonds. The van der Waals surface area contributed by atoms with Gasteiger partial charge in [-0.05, 0) is 53.5 Å². The highest BCUT2D eigenvalue weighted by Crippen LogP contribution is 2.27. The summed E-state index contributed by atoms with van der Waals surface area (Å²) in [6.07, 6.45) is 3.88. The number of sulfonamides is 1. The standard InChI is InChI=1S/C24H22N2O3S/c27-24(14-11-19-7-3-1-4-8-19)25-22-13-12-20-15-16-26(18-21(20)17-22)30(28,29)23-9-5-2-6-10-23/h1-14,17H,15-16,18H2,(H,25,27)/b14-11+. The highest BCUT2D eigenvalue weighted by atomic mass is 32.2. The van der Waals surface area contributed by atoms with Gasteiger partial charge in [-0.1, -0.05) is 54.6 Å². The molecule has 3 aromatic carbocycles. The number of anilines is 1. The minimum absolute atomic E-state index is 0.233. The summed E-state index contributed by atoms with van der Waals surface area (Å²) in [5, 5.41) is 2.85. The Morgan fingerprint density at radius 2 is 1.60 bits per heavy atom. The average molecular weight is 419 g/mol. The molecule has 0 bridgehead atoms. The van der Waals surface area contributed by atoms with E-state index in [0.29, 0.717) is 23.5 Å². The molecule has 3 aromatic rings. The van der Waals surface area contributed by atoms with Crippen LogP contribution in [0.2, 0.25) is 0 Å². The van der Waals surface area contributed by atoms with Gasteiger partial charge in [0.25, 0.3) is 0 Å². The molecule has 0 atom stereocenters. The van der Waals surface area contributed by atoms with Crippen molar-refractivity contribution in [3.05, 3.63) is 102 Å². The number of carbonyl (C=O) groups excluding carboxylic acids is 1. The van der Waals surface area contributed by atoms with Gasteiger partial charge in [0, 0.05) is 24.9 Å². The summed E-state index contributed by atoms with van der Waals surface area (Å²) in [6.45, 7) is 0.728. The van der Waals surface area contributed by atoms with Gasteiger partial charge in [-0.25, -0.2) is 8.42 Å². The number of benzene rings is 3. The zero-order chi connectivity index (χ0) is 21.0. The molecule has 6 heteroatoms. The molecule has 1 aliphatic rings. The number of fused-ring (bicyclic) bond motifs is 1. The van der Waals surface area contributed by atoms with E-state index >= 15 is 0 Å². The van der Waals surface area contributed by atoms with Crippen LogP contribution in [-0.2, 0) is 27.8 Å². The minimum Gasteiger partial charge on any atom is -0.323 e. The number of hydrogen-bond acceptors (Lipinski definition) is 3. The van der Waals surface area contributed by atoms with Crippen molar-refractivity contribution in [2.75, 3.05) is 11.9 Å². The number of rotatable bonds is 5. The highest BCUT2D eigenvalue weighted by molar-refractivity contribution is 7.89. The lowest BCUT2D eigenvalue weighted by Crippen LogP contribution is -2.36. The molecule has 1 N–H and O–H groups in total. The summed E-state index contributed by atoms with van der Waals surface area (Å²) in [6, 6.07) is 23.7. The molecule has 1 aliphatic heterocycles. The lowest BCUT2D eigenvalue weighted by atomic mass is 10.0. The maximum absolute atomic E-state index is 12.9. The summed E-state index contributed by atoms with van der Waals surface area (Å²) >= 11 is 0. The third kappa shape index (κ3) is 4.50. The smallest absolute Gasteiger partial charge is 0.248 e. The fraction of sp³-hybridized carbons (Fsp3) is 0.125. The molecule has 1 heterocycles. The van der Waals surface area contributed by atoms with Crippen LogP contribution in [0.25, 0.3) is 6.08 Å². The Hall–Kier alpha value is -3.22. The Bertz CT molecular complexity index is 1170. The fourth-order valence-electron chi connectivity index (χ4n) is 3.48. The quantitative estimate of drug-likeness (QED) is 0.635. The maximum atomic E-state index is 12.9. The van der Waals surface area contributed by atoms with Crippen molar-refractivity contribution in [3.8, 4) is 0 Å². The summed E-state index contributed by atoms with van der Waals surface area (Å²) < 4.78 is 27.3. The van der Waals surface area contributed by atoms with Gasteiger partial charge in [0.15, 0.2) is 0 Å². The van der Waals surface area contributed by atoms with Crippen molar-refractivity contribution in [1.29, 1.82) is 0 Å². The Balaban J connectivity index is 1.48. The lowest BCUT2D eigenvalue weighted by molar-refractivity contribution is -0.111. The predicted octanol–water partition coefficient (Wildman–Crippen LogP) is 4.09. The fourth-order valence-corrected chi connectivity index (χ4v) is 4.92. The Labute approximate surface area is 176 Å². The number of nitrogens with zero attached hydrogens (tertiary/aromatic N) is 1. The first-order chi connectivity index (χ1) is 14.5. The second-order valence-electron chi connectivity index (χ2n) is 7.12. The molecule has 0 unspecified atom stereocenters. The van der Waals surface area contributed by atoms with E-state index in [4.69, 9.17) is 0 Å². The lowest BCUT2D eigenvalue weighted by Gasteiger charge is -2.28. The van der Waals surface area contributed by atoms with E-state index in [2.05, 4.69) is 5.32 Å². The van der Waals surface area contributed by atoms with E-state index in [-0.39, 0.29) is 12.5 Å². The molecule has 4 rings (SSSR count). The van der Waals surface area contributed by atoms with Crippen LogP contribution < -0.4 is 5.32 Å². The molecule has 5 nitrogen and oxygen atoms in total. The van der Waals surface area contributed by atoms with Gasteiger partial charge < -0.3 is 5.32 Å². The van der Waals surface area contributed by atoms with Crippen molar-refractivity contribution in [2.45, 2.75) is 17.9 Å². The molecular formula is C24H22N2O3S. The van der Waals surface area contributed by atoms with E-state index in [0.717, 1.165) is 16.7 Å². The van der Waals surface area contributed by atoms with Crippen LogP contribution in [0.15, 0.2) is 89.8 Å². The second kappa shape index (κ2) is 8.65. The van der Waals surface area contributed by atoms with Crippen molar-refractivity contribution >= 4 is 27.7 Å². The normalized spacial score (nSPS) is 14.4. The van der Waals surface area contributed by atoms with Crippen molar-refractivity contribution in [2.24, 2.45) is 0 Å². The van der Waals surface area contributed by atoms with Crippen LogP contribution in [0.4, 0.5) is 5.69 Å². The summed E-state index contributed by atoms with van der Waals surface area (Å²) in [5.74, 6) is -0.233. The Morgan fingerprint density at radius 1 is 0.900 bits per heavy atom. The van der Waals surface area contributed by atoms with Gasteiger partial charge in [0.1, 0.15) is 0 Å². The molecule has 152 valence electrons. The number of nitrogens with one attached hydrogen (secondary N) is 1. The summed E-state index contributed by atoms with van der Waals surface area (Å²) in [5.41, 5.74) is 3.60. The van der Waals surface area contributed by atoms with E-state index < -0.39 is 10.0 Å². The summed E-state index contributed by atoms with van der Waals surface area (Å²) in [4.78, 5) is 12.6. The number of carbonyl (C=O) groups is 1. The van der Waals surface area contributed by atoms with Crippen LogP contribution in [-0.4, -0.2) is 25.2 Å². The van der Waals surface area contributed by atoms with Gasteiger partial charge in [-0.3, -0.25) is 4.79 Å². The number of hydrogen-bond donors (Lipinski definition) is 1. The zero-order valence-electron chi connectivity index (χ0n) is 16.4. The topological polar surface area (TPSA) is 66.5 Å². The van der Waals surface area contributed by atoms with E-state index in [9.17, 15) is 13.2 Å². The van der Waals surface area contributed by atoms with Crippen molar-refractivity contribution in [3.63, 3.8) is 0 Å². The second-order valence-corrected chi connectivity index (χ2v) is 9.06. The average Bonchev–Trinajstić information content (AvgIpc) is 2.78. The van der Waals surface area contributed by atoms with Crippen LogP contribution in [0.1, 0.15) is 16.7 Å². The molecule has 0 aliphatic carbocycles. The molecule has 0 saturated carbocycles. The molecule has 0 radical (unpaired) electrons. The molecule has 0 saturated heterocycles. The van der Waals surface area contributed by atoms with Crippen LogP contribution in [0.3, 0.4) is 0 Å². The van der Waals surface area contributed by atoms with Crippen molar-refractivity contribution < 1.29 is 13.2 Å². The first-order valence-corrected chi connectivity index (χ1v) is 11.2. The molecule has 0 aromatic heterocycles. The minimum atomic E-state index is -3.55. The Kier molecular flexibility index (Phi) is 5.79. The van der Waals surface area contributed by atoms with E-state index in [1.165, 1.54) is 10.4 Å². The van der Waals surface area contributed by atoms with Crippen LogP contribution in [0, 0.1) is 0 Å². The van der Waals surface area contributed by atoms with Gasteiger partial charge >= 0.3 is 0 Å². The monoisotopic (exact) mass is 418 g/mol. The maximum Gasteiger partial charge on any atom is 0.248 e. The van der Waals surface area contributed by atoms with E-state index in [1.54, 1.807) is 36.4 Å². The van der Waals surface area contributed by atoms with Crippen LogP contribution >= 0.6 is 0 Å². The SMILES string of the molecule is O=C(/C=C/c1ccccc1)Nc1ccc2c(c1)CN(S(=O)(=O)c1ccccc1)CC2. The number of amides is 1. The largest absolute Gasteiger partial charge is 0.323 e. The molecular weight excluding hydrogens is 396 g/mol. The van der Waals surface area contributed by atoms with Crippen molar-refractivity contribution in [1.82, 2.24) is 4.31 Å². The third-order valence-electron chi connectivity index (χ3n) is 5.06. The highest BCUT2D eigenvalue weighted by Gasteiger charge is 2.28. The first kappa shape index (κ1) is 20.1. The molecule has 0 fully saturated rings. The van der Waals surface area contributed by atoms with Crippen LogP contribution in [0.5, 0.6) is 0 Å². The zero-order valence-corrected chi connectivity index (χ0v) is 17.2. The van der Waals surface area contributed by atoms with E-state index in [1.807, 2.05) is 48.5 Å². The predicted molar refractivity (Wildman–Crippen MR) is 118 cm³/mol. The summed E-state index contributed by atoms with van der Waals surface area (Å²) in [7, 11) is -3.55. The first-order valence-electron chi connectivity index (χ1n) is 9.73. The van der Waals surface area contributed by atoms with Gasteiger partial charge in [-0.2, -0.15) is 4.31 Å². The Morgan fingerprint density at radius 3 is 2.33 bits per heavy atom. The molecule has 0 spiro atoms.